The number of methoxy groups -OCH3 is 1. The molecule has 0 aliphatic carbocycles. The Balaban J connectivity index is 1.58. The number of hydrogen-bond acceptors (Lipinski definition) is 5. The van der Waals surface area contributed by atoms with Crippen LogP contribution in [0.4, 0.5) is 11.4 Å². The maximum absolute atomic E-state index is 14.7. The highest BCUT2D eigenvalue weighted by Gasteiger charge is 2.81. The van der Waals surface area contributed by atoms with E-state index in [9.17, 15) is 14.4 Å². The van der Waals surface area contributed by atoms with Crippen LogP contribution in [0.3, 0.4) is 0 Å². The molecular weight excluding hydrogens is 478 g/mol. The molecule has 192 valence electrons. The van der Waals surface area contributed by atoms with Crippen LogP contribution >= 0.6 is 0 Å². The lowest BCUT2D eigenvalue weighted by Crippen LogP contribution is -2.62. The smallest absolute Gasteiger partial charge is 0.251 e. The Labute approximate surface area is 221 Å². The minimum atomic E-state index is -1.43. The molecule has 4 heterocycles. The zero-order valence-electron chi connectivity index (χ0n) is 21.4. The third-order valence-corrected chi connectivity index (χ3v) is 9.24. The van der Waals surface area contributed by atoms with E-state index in [0.717, 1.165) is 36.1 Å². The Morgan fingerprint density at radius 2 is 1.79 bits per heavy atom. The second-order valence-corrected chi connectivity index (χ2v) is 10.6. The summed E-state index contributed by atoms with van der Waals surface area (Å²) in [6.45, 7) is 2.69. The van der Waals surface area contributed by atoms with E-state index >= 15 is 0 Å². The lowest BCUT2D eigenvalue weighted by Gasteiger charge is -2.43. The summed E-state index contributed by atoms with van der Waals surface area (Å²) >= 11 is 0. The highest BCUT2D eigenvalue weighted by Crippen LogP contribution is 2.68. The number of rotatable bonds is 4. The van der Waals surface area contributed by atoms with Crippen LogP contribution in [0.2, 0.25) is 0 Å². The molecule has 0 radical (unpaired) electrons. The van der Waals surface area contributed by atoms with E-state index in [1.807, 2.05) is 42.5 Å². The van der Waals surface area contributed by atoms with E-state index < -0.39 is 16.9 Å². The molecule has 2 fully saturated rings. The molecule has 2 amide bonds. The zero-order valence-corrected chi connectivity index (χ0v) is 21.4. The van der Waals surface area contributed by atoms with Gasteiger partial charge in [-0.15, -0.1) is 0 Å². The molecule has 2 N–H and O–H groups in total. The van der Waals surface area contributed by atoms with E-state index in [1.54, 1.807) is 31.4 Å². The van der Waals surface area contributed by atoms with Crippen molar-refractivity contribution < 1.29 is 19.1 Å². The highest BCUT2D eigenvalue weighted by molar-refractivity contribution is 6.21. The van der Waals surface area contributed by atoms with E-state index in [4.69, 9.17) is 4.74 Å². The molecule has 4 atom stereocenters. The molecule has 0 unspecified atom stereocenters. The van der Waals surface area contributed by atoms with E-state index in [1.165, 1.54) is 0 Å². The van der Waals surface area contributed by atoms with Crippen LogP contribution in [0.15, 0.2) is 66.7 Å². The SMILES string of the molecule is CCc1cccc2c1NC(=O)[C@]21N2CCC[C@H]2[C@@H](C(=O)c2cccc(OC)c2)[C@]12C(=O)Nc1ccccc12. The van der Waals surface area contributed by atoms with Crippen molar-refractivity contribution >= 4 is 29.0 Å². The molecule has 38 heavy (non-hydrogen) atoms. The summed E-state index contributed by atoms with van der Waals surface area (Å²) in [6, 6.07) is 20.3. The van der Waals surface area contributed by atoms with Crippen molar-refractivity contribution in [3.63, 3.8) is 0 Å². The molecule has 3 aromatic rings. The number of fused-ring (bicyclic) bond motifs is 7. The van der Waals surface area contributed by atoms with Gasteiger partial charge in [0.25, 0.3) is 5.91 Å². The molecule has 7 nitrogen and oxygen atoms in total. The first-order valence-electron chi connectivity index (χ1n) is 13.3. The number of ketones is 1. The van der Waals surface area contributed by atoms with E-state index in [-0.39, 0.29) is 23.6 Å². The number of aryl methyl sites for hydroxylation is 1. The first kappa shape index (κ1) is 23.2. The van der Waals surface area contributed by atoms with Gasteiger partial charge in [-0.2, -0.15) is 0 Å². The van der Waals surface area contributed by atoms with E-state index in [2.05, 4.69) is 22.5 Å². The number of amides is 2. The Morgan fingerprint density at radius 1 is 1.00 bits per heavy atom. The summed E-state index contributed by atoms with van der Waals surface area (Å²) in [6.07, 6.45) is 2.32. The third-order valence-electron chi connectivity index (χ3n) is 9.24. The topological polar surface area (TPSA) is 87.7 Å². The number of Topliss-reactive ketones (excluding diaryl/α,β-unsaturated/α-hetero) is 1. The van der Waals surface area contributed by atoms with Gasteiger partial charge < -0.3 is 15.4 Å². The van der Waals surface area contributed by atoms with Crippen molar-refractivity contribution in [2.45, 2.75) is 43.2 Å². The number of carbonyl (C=O) groups is 3. The quantitative estimate of drug-likeness (QED) is 0.515. The van der Waals surface area contributed by atoms with Crippen LogP contribution in [0.25, 0.3) is 0 Å². The van der Waals surface area contributed by atoms with Crippen LogP contribution in [-0.4, -0.2) is 42.2 Å². The number of carbonyl (C=O) groups excluding carboxylic acids is 3. The van der Waals surface area contributed by atoms with Gasteiger partial charge >= 0.3 is 0 Å². The highest BCUT2D eigenvalue weighted by atomic mass is 16.5. The van der Waals surface area contributed by atoms with Crippen molar-refractivity contribution in [3.05, 3.63) is 89.0 Å². The summed E-state index contributed by atoms with van der Waals surface area (Å²) in [7, 11) is 1.57. The van der Waals surface area contributed by atoms with Crippen LogP contribution in [0.1, 0.15) is 46.8 Å². The summed E-state index contributed by atoms with van der Waals surface area (Å²) in [4.78, 5) is 45.9. The number of hydrogen-bond donors (Lipinski definition) is 2. The molecular formula is C31H29N3O4. The maximum atomic E-state index is 14.7. The Hall–Kier alpha value is -3.97. The lowest BCUT2D eigenvalue weighted by molar-refractivity contribution is -0.137. The van der Waals surface area contributed by atoms with Crippen molar-refractivity contribution in [2.24, 2.45) is 5.92 Å². The van der Waals surface area contributed by atoms with Crippen molar-refractivity contribution in [3.8, 4) is 5.75 Å². The van der Waals surface area contributed by atoms with Crippen LogP contribution in [0, 0.1) is 5.92 Å². The largest absolute Gasteiger partial charge is 0.497 e. The Morgan fingerprint density at radius 3 is 2.61 bits per heavy atom. The predicted molar refractivity (Wildman–Crippen MR) is 143 cm³/mol. The molecule has 4 aliphatic rings. The van der Waals surface area contributed by atoms with Gasteiger partial charge in [-0.25, -0.2) is 0 Å². The van der Waals surface area contributed by atoms with Gasteiger partial charge in [0, 0.05) is 28.5 Å². The molecule has 7 rings (SSSR count). The second-order valence-electron chi connectivity index (χ2n) is 10.6. The van der Waals surface area contributed by atoms with Crippen LogP contribution < -0.4 is 15.4 Å². The molecule has 3 aromatic carbocycles. The Bertz CT molecular complexity index is 1530. The van der Waals surface area contributed by atoms with Crippen LogP contribution in [0.5, 0.6) is 5.75 Å². The van der Waals surface area contributed by atoms with Crippen molar-refractivity contribution in [2.75, 3.05) is 24.3 Å². The fourth-order valence-electron chi connectivity index (χ4n) is 7.92. The number of para-hydroxylation sites is 2. The minimum absolute atomic E-state index is 0.141. The average molecular weight is 508 g/mol. The summed E-state index contributed by atoms with van der Waals surface area (Å²) in [5, 5.41) is 6.28. The second kappa shape index (κ2) is 8.01. The van der Waals surface area contributed by atoms with Gasteiger partial charge in [-0.3, -0.25) is 19.3 Å². The maximum Gasteiger partial charge on any atom is 0.251 e. The van der Waals surface area contributed by atoms with Gasteiger partial charge in [0.2, 0.25) is 5.91 Å². The predicted octanol–water partition coefficient (Wildman–Crippen LogP) is 4.27. The van der Waals surface area contributed by atoms with Crippen LogP contribution in [-0.2, 0) is 27.0 Å². The van der Waals surface area contributed by atoms with Gasteiger partial charge in [-0.05, 0) is 55.1 Å². The first-order valence-corrected chi connectivity index (χ1v) is 13.3. The number of anilines is 2. The molecule has 4 aliphatic heterocycles. The molecule has 7 heteroatoms. The molecule has 0 bridgehead atoms. The first-order chi connectivity index (χ1) is 18.5. The summed E-state index contributed by atoms with van der Waals surface area (Å²) in [5.74, 6) is -0.846. The summed E-state index contributed by atoms with van der Waals surface area (Å²) in [5.41, 5.74) is 1.67. The summed E-state index contributed by atoms with van der Waals surface area (Å²) < 4.78 is 5.42. The van der Waals surface area contributed by atoms with Gasteiger partial charge in [0.15, 0.2) is 5.78 Å². The van der Waals surface area contributed by atoms with Crippen molar-refractivity contribution in [1.29, 1.82) is 0 Å². The molecule has 2 spiro atoms. The minimum Gasteiger partial charge on any atom is -0.497 e. The van der Waals surface area contributed by atoms with Gasteiger partial charge in [0.05, 0.1) is 13.0 Å². The molecule has 0 saturated carbocycles. The Kier molecular flexibility index (Phi) is 4.89. The fraction of sp³-hybridized carbons (Fsp3) is 0.323. The zero-order chi connectivity index (χ0) is 26.2. The number of nitrogens with one attached hydrogen (secondary N) is 2. The monoisotopic (exact) mass is 507 g/mol. The number of nitrogens with zero attached hydrogens (tertiary/aromatic N) is 1. The molecule has 2 saturated heterocycles. The standard InChI is InChI=1S/C31H29N3O4/c1-3-18-9-7-13-22-26(18)33-29(37)31(22)30(21-12-4-5-14-23(21)32-28(30)36)25(24-15-8-16-34(24)31)27(35)19-10-6-11-20(17-19)38-2/h4-7,9-14,17,24-25H,3,8,15-16H2,1-2H3,(H,32,36)(H,33,37)/t24-,25-,30+,31+/m0/s1. The fourth-order valence-corrected chi connectivity index (χ4v) is 7.92. The molecule has 0 aromatic heterocycles. The van der Waals surface area contributed by atoms with E-state index in [0.29, 0.717) is 29.1 Å². The third kappa shape index (κ3) is 2.55. The normalized spacial score (nSPS) is 28.8. The number of benzene rings is 3. The average Bonchev–Trinajstić information content (AvgIpc) is 3.66. The lowest BCUT2D eigenvalue weighted by atomic mass is 9.57. The van der Waals surface area contributed by atoms with Gasteiger partial charge in [0.1, 0.15) is 16.7 Å². The van der Waals surface area contributed by atoms with Crippen molar-refractivity contribution in [1.82, 2.24) is 4.90 Å². The number of ether oxygens (including phenoxy) is 1. The van der Waals surface area contributed by atoms with Gasteiger partial charge in [-0.1, -0.05) is 55.5 Å².